The van der Waals surface area contributed by atoms with Crippen molar-refractivity contribution in [2.24, 2.45) is 0 Å². The van der Waals surface area contributed by atoms with Crippen molar-refractivity contribution in [3.8, 4) is 6.07 Å². The van der Waals surface area contributed by atoms with E-state index in [0.29, 0.717) is 12.5 Å². The molecule has 0 radical (unpaired) electrons. The zero-order valence-corrected chi connectivity index (χ0v) is 9.50. The van der Waals surface area contributed by atoms with Gasteiger partial charge in [-0.2, -0.15) is 5.26 Å². The Balaban J connectivity index is 2.43. The van der Waals surface area contributed by atoms with Crippen LogP contribution in [-0.2, 0) is 0 Å². The van der Waals surface area contributed by atoms with Gasteiger partial charge in [-0.15, -0.1) is 0 Å². The van der Waals surface area contributed by atoms with Gasteiger partial charge in [0.1, 0.15) is 0 Å². The predicted molar refractivity (Wildman–Crippen MR) is 58.9 cm³/mol. The second kappa shape index (κ2) is 6.03. The first kappa shape index (κ1) is 11.5. The monoisotopic (exact) mass is 194 g/mol. The highest BCUT2D eigenvalue weighted by Gasteiger charge is 2.22. The lowest BCUT2D eigenvalue weighted by atomic mass is 9.93. The summed E-state index contributed by atoms with van der Waals surface area (Å²) in [6.07, 6.45) is 7.50. The summed E-state index contributed by atoms with van der Waals surface area (Å²) in [5, 5.41) is 8.62. The molecule has 0 aliphatic heterocycles. The van der Waals surface area contributed by atoms with E-state index >= 15 is 0 Å². The quantitative estimate of drug-likeness (QED) is 0.688. The summed E-state index contributed by atoms with van der Waals surface area (Å²) in [7, 11) is 0. The maximum absolute atomic E-state index is 8.62. The minimum Gasteiger partial charge on any atom is -0.297 e. The summed E-state index contributed by atoms with van der Waals surface area (Å²) in [6.45, 7) is 5.44. The lowest BCUT2D eigenvalue weighted by Crippen LogP contribution is -2.42. The van der Waals surface area contributed by atoms with Crippen molar-refractivity contribution in [1.29, 1.82) is 5.26 Å². The standard InChI is InChI=1S/C12H22N2/c1-11(2)14(10-6-9-13)12-7-4-3-5-8-12/h11-12H,3-8,10H2,1-2H3. The van der Waals surface area contributed by atoms with Gasteiger partial charge in [-0.05, 0) is 26.7 Å². The van der Waals surface area contributed by atoms with E-state index < -0.39 is 0 Å². The first-order valence-electron chi connectivity index (χ1n) is 5.88. The zero-order chi connectivity index (χ0) is 10.4. The number of rotatable bonds is 4. The maximum atomic E-state index is 8.62. The van der Waals surface area contributed by atoms with Crippen LogP contribution in [0.25, 0.3) is 0 Å². The molecule has 1 saturated carbocycles. The SMILES string of the molecule is CC(C)N(CCC#N)C1CCCCC1. The van der Waals surface area contributed by atoms with Crippen LogP contribution >= 0.6 is 0 Å². The molecule has 1 aliphatic carbocycles. The van der Waals surface area contributed by atoms with Gasteiger partial charge in [0.2, 0.25) is 0 Å². The largest absolute Gasteiger partial charge is 0.297 e. The molecular weight excluding hydrogens is 172 g/mol. The van der Waals surface area contributed by atoms with Crippen LogP contribution in [0.1, 0.15) is 52.4 Å². The molecule has 0 amide bonds. The first-order valence-corrected chi connectivity index (χ1v) is 5.88. The van der Waals surface area contributed by atoms with E-state index in [-0.39, 0.29) is 0 Å². The molecule has 0 aromatic rings. The van der Waals surface area contributed by atoms with Crippen LogP contribution < -0.4 is 0 Å². The Morgan fingerprint density at radius 1 is 1.29 bits per heavy atom. The minimum atomic E-state index is 0.589. The lowest BCUT2D eigenvalue weighted by molar-refractivity contribution is 0.123. The Labute approximate surface area is 87.9 Å². The summed E-state index contributed by atoms with van der Waals surface area (Å²) in [5.74, 6) is 0. The van der Waals surface area contributed by atoms with E-state index in [1.165, 1.54) is 32.1 Å². The molecule has 0 atom stereocenters. The van der Waals surface area contributed by atoms with Gasteiger partial charge in [-0.3, -0.25) is 4.90 Å². The van der Waals surface area contributed by atoms with Crippen molar-refractivity contribution >= 4 is 0 Å². The van der Waals surface area contributed by atoms with Crippen molar-refractivity contribution in [3.05, 3.63) is 0 Å². The second-order valence-electron chi connectivity index (χ2n) is 4.53. The van der Waals surface area contributed by atoms with E-state index in [1.54, 1.807) is 0 Å². The second-order valence-corrected chi connectivity index (χ2v) is 4.53. The highest BCUT2D eigenvalue weighted by molar-refractivity contribution is 4.81. The first-order chi connectivity index (χ1) is 6.75. The van der Waals surface area contributed by atoms with Crippen LogP contribution in [0.4, 0.5) is 0 Å². The fourth-order valence-corrected chi connectivity index (χ4v) is 2.45. The zero-order valence-electron chi connectivity index (χ0n) is 9.50. The Morgan fingerprint density at radius 3 is 2.43 bits per heavy atom. The van der Waals surface area contributed by atoms with Crippen molar-refractivity contribution < 1.29 is 0 Å². The molecule has 2 heteroatoms. The van der Waals surface area contributed by atoms with Crippen molar-refractivity contribution in [1.82, 2.24) is 4.90 Å². The third-order valence-electron chi connectivity index (χ3n) is 3.19. The van der Waals surface area contributed by atoms with Gasteiger partial charge < -0.3 is 0 Å². The number of hydrogen-bond donors (Lipinski definition) is 0. The van der Waals surface area contributed by atoms with Crippen molar-refractivity contribution in [2.75, 3.05) is 6.54 Å². The molecule has 0 aromatic heterocycles. The fraction of sp³-hybridized carbons (Fsp3) is 0.917. The third kappa shape index (κ3) is 3.31. The number of nitrogens with zero attached hydrogens (tertiary/aromatic N) is 2. The average Bonchev–Trinajstić information content (AvgIpc) is 2.19. The van der Waals surface area contributed by atoms with Crippen molar-refractivity contribution in [2.45, 2.75) is 64.5 Å². The van der Waals surface area contributed by atoms with Gasteiger partial charge in [-0.25, -0.2) is 0 Å². The van der Waals surface area contributed by atoms with Crippen LogP contribution in [0.2, 0.25) is 0 Å². The summed E-state index contributed by atoms with van der Waals surface area (Å²) < 4.78 is 0. The normalized spacial score (nSPS) is 18.8. The molecule has 80 valence electrons. The molecule has 0 heterocycles. The van der Waals surface area contributed by atoms with E-state index in [1.807, 2.05) is 0 Å². The van der Waals surface area contributed by atoms with Crippen LogP contribution in [0.3, 0.4) is 0 Å². The summed E-state index contributed by atoms with van der Waals surface area (Å²) in [5.41, 5.74) is 0. The van der Waals surface area contributed by atoms with E-state index in [9.17, 15) is 0 Å². The maximum Gasteiger partial charge on any atom is 0.0635 e. The van der Waals surface area contributed by atoms with E-state index in [4.69, 9.17) is 5.26 Å². The lowest BCUT2D eigenvalue weighted by Gasteiger charge is -2.36. The van der Waals surface area contributed by atoms with Crippen LogP contribution in [0, 0.1) is 11.3 Å². The van der Waals surface area contributed by atoms with Gasteiger partial charge in [-0.1, -0.05) is 19.3 Å². The van der Waals surface area contributed by atoms with Gasteiger partial charge in [0.25, 0.3) is 0 Å². The van der Waals surface area contributed by atoms with Crippen molar-refractivity contribution in [3.63, 3.8) is 0 Å². The molecule has 0 saturated heterocycles. The molecule has 0 aromatic carbocycles. The summed E-state index contributed by atoms with van der Waals surface area (Å²) >= 11 is 0. The van der Waals surface area contributed by atoms with Gasteiger partial charge in [0.15, 0.2) is 0 Å². The van der Waals surface area contributed by atoms with Gasteiger partial charge in [0.05, 0.1) is 6.07 Å². The molecule has 1 fully saturated rings. The molecule has 14 heavy (non-hydrogen) atoms. The van der Waals surface area contributed by atoms with Crippen LogP contribution in [0.15, 0.2) is 0 Å². The Kier molecular flexibility index (Phi) is 4.97. The topological polar surface area (TPSA) is 27.0 Å². The number of hydrogen-bond acceptors (Lipinski definition) is 2. The smallest absolute Gasteiger partial charge is 0.0635 e. The molecule has 2 nitrogen and oxygen atoms in total. The van der Waals surface area contributed by atoms with Crippen LogP contribution in [0.5, 0.6) is 0 Å². The summed E-state index contributed by atoms with van der Waals surface area (Å²) in [4.78, 5) is 2.52. The van der Waals surface area contributed by atoms with Gasteiger partial charge >= 0.3 is 0 Å². The Hall–Kier alpha value is -0.550. The average molecular weight is 194 g/mol. The molecule has 0 spiro atoms. The molecule has 0 unspecified atom stereocenters. The molecule has 0 bridgehead atoms. The predicted octanol–water partition coefficient (Wildman–Crippen LogP) is 2.94. The van der Waals surface area contributed by atoms with Crippen LogP contribution in [-0.4, -0.2) is 23.5 Å². The molecular formula is C12H22N2. The molecule has 1 rings (SSSR count). The molecule has 1 aliphatic rings. The highest BCUT2D eigenvalue weighted by atomic mass is 15.2. The Morgan fingerprint density at radius 2 is 1.93 bits per heavy atom. The summed E-state index contributed by atoms with van der Waals surface area (Å²) in [6, 6.07) is 3.59. The molecule has 0 N–H and O–H groups in total. The van der Waals surface area contributed by atoms with Gasteiger partial charge in [0, 0.05) is 25.0 Å². The minimum absolute atomic E-state index is 0.589. The van der Waals surface area contributed by atoms with E-state index in [0.717, 1.165) is 12.6 Å². The highest BCUT2D eigenvalue weighted by Crippen LogP contribution is 2.24. The third-order valence-corrected chi connectivity index (χ3v) is 3.19. The van der Waals surface area contributed by atoms with E-state index in [2.05, 4.69) is 24.8 Å². The Bertz CT molecular complexity index is 187. The number of nitriles is 1. The fourth-order valence-electron chi connectivity index (χ4n) is 2.45.